The first-order valence-electron chi connectivity index (χ1n) is 5.95. The van der Waals surface area contributed by atoms with E-state index in [2.05, 4.69) is 5.32 Å². The van der Waals surface area contributed by atoms with E-state index in [1.807, 2.05) is 42.5 Å². The standard InChI is InChI=1S/C15H11NO2/c17-14-10-6-2-1-5-9(10)13-11-7-3-4-8-12(11)15(14,18)16-13/h1-8,13,16,18H. The van der Waals surface area contributed by atoms with E-state index >= 15 is 0 Å². The summed E-state index contributed by atoms with van der Waals surface area (Å²) in [5.41, 5.74) is 1.65. The summed E-state index contributed by atoms with van der Waals surface area (Å²) in [4.78, 5) is 12.4. The molecule has 0 saturated carbocycles. The van der Waals surface area contributed by atoms with E-state index in [4.69, 9.17) is 0 Å². The molecule has 0 aromatic heterocycles. The lowest BCUT2D eigenvalue weighted by Gasteiger charge is -2.30. The number of carbonyl (C=O) groups is 1. The van der Waals surface area contributed by atoms with Crippen LogP contribution in [-0.2, 0) is 5.72 Å². The number of aliphatic hydroxyl groups is 1. The van der Waals surface area contributed by atoms with Gasteiger partial charge in [0.05, 0.1) is 6.04 Å². The largest absolute Gasteiger partial charge is 0.365 e. The molecule has 3 heteroatoms. The number of rotatable bonds is 0. The Kier molecular flexibility index (Phi) is 1.71. The van der Waals surface area contributed by atoms with Gasteiger partial charge in [-0.15, -0.1) is 0 Å². The van der Waals surface area contributed by atoms with Crippen molar-refractivity contribution in [2.24, 2.45) is 0 Å². The van der Waals surface area contributed by atoms with E-state index in [-0.39, 0.29) is 11.8 Å². The SMILES string of the molecule is O=C1c2ccccc2C2NC1(O)c1ccccc12. The Hall–Kier alpha value is -1.97. The number of hydrogen-bond donors (Lipinski definition) is 2. The van der Waals surface area contributed by atoms with Gasteiger partial charge in [0, 0.05) is 11.1 Å². The highest BCUT2D eigenvalue weighted by atomic mass is 16.3. The van der Waals surface area contributed by atoms with Crippen LogP contribution in [0.3, 0.4) is 0 Å². The van der Waals surface area contributed by atoms with Gasteiger partial charge in [0.15, 0.2) is 0 Å². The van der Waals surface area contributed by atoms with Gasteiger partial charge in [0.1, 0.15) is 0 Å². The van der Waals surface area contributed by atoms with Crippen LogP contribution in [0, 0.1) is 0 Å². The Bertz CT molecular complexity index is 680. The third-order valence-electron chi connectivity index (χ3n) is 3.86. The lowest BCUT2D eigenvalue weighted by atomic mass is 9.91. The number of fused-ring (bicyclic) bond motifs is 7. The second-order valence-electron chi connectivity index (χ2n) is 4.79. The topological polar surface area (TPSA) is 49.3 Å². The van der Waals surface area contributed by atoms with Gasteiger partial charge in [-0.05, 0) is 11.1 Å². The Morgan fingerprint density at radius 1 is 1.00 bits per heavy atom. The normalized spacial score (nSPS) is 27.8. The molecule has 2 aliphatic rings. The van der Waals surface area contributed by atoms with E-state index in [0.717, 1.165) is 11.1 Å². The van der Waals surface area contributed by atoms with Crippen LogP contribution in [0.5, 0.6) is 0 Å². The monoisotopic (exact) mass is 237 g/mol. The fourth-order valence-electron chi connectivity index (χ4n) is 3.03. The molecule has 2 atom stereocenters. The molecule has 2 N–H and O–H groups in total. The van der Waals surface area contributed by atoms with Gasteiger partial charge in [-0.2, -0.15) is 0 Å². The number of benzene rings is 2. The third kappa shape index (κ3) is 0.991. The molecule has 4 rings (SSSR count). The van der Waals surface area contributed by atoms with Crippen LogP contribution in [0.4, 0.5) is 0 Å². The number of ketones is 1. The molecule has 0 spiro atoms. The summed E-state index contributed by atoms with van der Waals surface area (Å²) in [6.07, 6.45) is 0. The second-order valence-corrected chi connectivity index (χ2v) is 4.79. The quantitative estimate of drug-likeness (QED) is 0.733. The first kappa shape index (κ1) is 10.00. The minimum absolute atomic E-state index is 0.0971. The lowest BCUT2D eigenvalue weighted by molar-refractivity contribution is 0.00998. The summed E-state index contributed by atoms with van der Waals surface area (Å²) in [6, 6.07) is 14.9. The molecule has 0 radical (unpaired) electrons. The fourth-order valence-corrected chi connectivity index (χ4v) is 3.03. The molecule has 2 heterocycles. The van der Waals surface area contributed by atoms with Crippen LogP contribution in [-0.4, -0.2) is 10.9 Å². The van der Waals surface area contributed by atoms with E-state index in [9.17, 15) is 9.90 Å². The van der Waals surface area contributed by atoms with Gasteiger partial charge in [0.25, 0.3) is 0 Å². The molecule has 2 unspecified atom stereocenters. The Morgan fingerprint density at radius 2 is 1.67 bits per heavy atom. The van der Waals surface area contributed by atoms with Crippen molar-refractivity contribution in [2.45, 2.75) is 11.8 Å². The summed E-state index contributed by atoms with van der Waals surface area (Å²) < 4.78 is 0. The van der Waals surface area contributed by atoms with Crippen molar-refractivity contribution in [2.75, 3.05) is 0 Å². The van der Waals surface area contributed by atoms with Crippen LogP contribution >= 0.6 is 0 Å². The van der Waals surface area contributed by atoms with Gasteiger partial charge in [0.2, 0.25) is 11.5 Å². The highest BCUT2D eigenvalue weighted by Crippen LogP contribution is 2.46. The number of nitrogens with one attached hydrogen (secondary N) is 1. The van der Waals surface area contributed by atoms with E-state index in [1.54, 1.807) is 6.07 Å². The van der Waals surface area contributed by atoms with E-state index in [1.165, 1.54) is 0 Å². The maximum Gasteiger partial charge on any atom is 0.214 e. The van der Waals surface area contributed by atoms with Crippen molar-refractivity contribution >= 4 is 5.78 Å². The summed E-state index contributed by atoms with van der Waals surface area (Å²) in [5, 5.41) is 13.7. The van der Waals surface area contributed by atoms with Crippen molar-refractivity contribution in [1.82, 2.24) is 5.32 Å². The van der Waals surface area contributed by atoms with E-state index < -0.39 is 5.72 Å². The molecule has 0 aliphatic carbocycles. The van der Waals surface area contributed by atoms with Crippen molar-refractivity contribution in [1.29, 1.82) is 0 Å². The third-order valence-corrected chi connectivity index (χ3v) is 3.86. The molecule has 0 fully saturated rings. The first-order chi connectivity index (χ1) is 8.72. The molecular weight excluding hydrogens is 226 g/mol. The van der Waals surface area contributed by atoms with Crippen molar-refractivity contribution < 1.29 is 9.90 Å². The molecule has 2 aromatic rings. The minimum Gasteiger partial charge on any atom is -0.365 e. The Morgan fingerprint density at radius 3 is 2.50 bits per heavy atom. The molecule has 2 bridgehead atoms. The van der Waals surface area contributed by atoms with Gasteiger partial charge >= 0.3 is 0 Å². The van der Waals surface area contributed by atoms with Crippen molar-refractivity contribution in [3.05, 3.63) is 70.8 Å². The predicted molar refractivity (Wildman–Crippen MR) is 66.1 cm³/mol. The highest BCUT2D eigenvalue weighted by Gasteiger charge is 2.52. The molecule has 2 aromatic carbocycles. The van der Waals surface area contributed by atoms with Crippen LogP contribution < -0.4 is 5.32 Å². The average molecular weight is 237 g/mol. The molecule has 0 saturated heterocycles. The van der Waals surface area contributed by atoms with E-state index in [0.29, 0.717) is 11.1 Å². The lowest BCUT2D eigenvalue weighted by Crippen LogP contribution is -2.49. The van der Waals surface area contributed by atoms with Gasteiger partial charge in [-0.1, -0.05) is 48.5 Å². The smallest absolute Gasteiger partial charge is 0.214 e. The summed E-state index contributed by atoms with van der Waals surface area (Å²) in [7, 11) is 0. The maximum absolute atomic E-state index is 12.4. The van der Waals surface area contributed by atoms with Gasteiger partial charge in [-0.3, -0.25) is 10.1 Å². The molecule has 0 amide bonds. The molecule has 2 aliphatic heterocycles. The zero-order valence-corrected chi connectivity index (χ0v) is 9.55. The Balaban J connectivity index is 2.09. The summed E-state index contributed by atoms with van der Waals surface area (Å²) >= 11 is 0. The molecule has 88 valence electrons. The zero-order valence-electron chi connectivity index (χ0n) is 9.55. The van der Waals surface area contributed by atoms with Crippen molar-refractivity contribution in [3.63, 3.8) is 0 Å². The molecule has 18 heavy (non-hydrogen) atoms. The van der Waals surface area contributed by atoms with Crippen LogP contribution in [0.15, 0.2) is 48.5 Å². The minimum atomic E-state index is -1.56. The fraction of sp³-hybridized carbons (Fsp3) is 0.133. The van der Waals surface area contributed by atoms with Crippen molar-refractivity contribution in [3.8, 4) is 0 Å². The first-order valence-corrected chi connectivity index (χ1v) is 5.95. The van der Waals surface area contributed by atoms with Gasteiger partial charge in [-0.25, -0.2) is 0 Å². The molecular formula is C15H11NO2. The van der Waals surface area contributed by atoms with Crippen LogP contribution in [0.2, 0.25) is 0 Å². The number of carbonyl (C=O) groups excluding carboxylic acids is 1. The second kappa shape index (κ2) is 3.07. The van der Waals surface area contributed by atoms with Crippen LogP contribution in [0.25, 0.3) is 0 Å². The molecule has 3 nitrogen and oxygen atoms in total. The number of Topliss-reactive ketones (excluding diaryl/α,β-unsaturated/α-hetero) is 1. The van der Waals surface area contributed by atoms with Crippen LogP contribution in [0.1, 0.15) is 33.1 Å². The van der Waals surface area contributed by atoms with Gasteiger partial charge < -0.3 is 5.11 Å². The predicted octanol–water partition coefficient (Wildman–Crippen LogP) is 1.72. The highest BCUT2D eigenvalue weighted by molar-refractivity contribution is 6.06. The zero-order chi connectivity index (χ0) is 12.3. The maximum atomic E-state index is 12.4. The summed E-state index contributed by atoms with van der Waals surface area (Å²) in [5.74, 6) is -0.265. The average Bonchev–Trinajstić information content (AvgIpc) is 2.70. The Labute approximate surface area is 104 Å². The summed E-state index contributed by atoms with van der Waals surface area (Å²) in [6.45, 7) is 0. The number of hydrogen-bond acceptors (Lipinski definition) is 3.